The molecule has 9 nitrogen and oxygen atoms in total. The summed E-state index contributed by atoms with van der Waals surface area (Å²) in [7, 11) is -3.73. The Balaban J connectivity index is 1.43. The molecule has 1 aromatic carbocycles. The molecular weight excluding hydrogens is 442 g/mol. The first kappa shape index (κ1) is 20.9. The molecule has 0 spiro atoms. The normalized spacial score (nSPS) is 23.4. The van der Waals surface area contributed by atoms with Gasteiger partial charge >= 0.3 is 0 Å². The number of aryl methyl sites for hydroxylation is 2. The number of rotatable bonds is 6. The Bertz CT molecular complexity index is 1290. The van der Waals surface area contributed by atoms with Gasteiger partial charge in [0.25, 0.3) is 5.91 Å². The van der Waals surface area contributed by atoms with E-state index in [0.717, 1.165) is 42.6 Å². The van der Waals surface area contributed by atoms with Crippen LogP contribution in [0.25, 0.3) is 0 Å². The molecule has 1 atom stereocenters. The van der Waals surface area contributed by atoms with E-state index in [1.165, 1.54) is 6.07 Å². The second kappa shape index (κ2) is 6.89. The van der Waals surface area contributed by atoms with E-state index >= 15 is 0 Å². The monoisotopic (exact) mass is 469 g/mol. The molecule has 2 saturated carbocycles. The minimum Gasteiger partial charge on any atom is -0.361 e. The molecule has 1 N–H and O–H groups in total. The zero-order chi connectivity index (χ0) is 23.1. The number of benzene rings is 1. The summed E-state index contributed by atoms with van der Waals surface area (Å²) in [6, 6.07) is 5.07. The lowest BCUT2D eigenvalue weighted by atomic mass is 10.0. The molecule has 1 aromatic heterocycles. The number of carbonyl (C=O) groups excluding carboxylic acids is 1. The molecule has 33 heavy (non-hydrogen) atoms. The highest BCUT2D eigenvalue weighted by Gasteiger charge is 2.48. The Morgan fingerprint density at radius 2 is 2.00 bits per heavy atom. The predicted octanol–water partition coefficient (Wildman–Crippen LogP) is 2.73. The molecule has 2 aromatic rings. The van der Waals surface area contributed by atoms with Crippen molar-refractivity contribution in [3.63, 3.8) is 0 Å². The van der Waals surface area contributed by atoms with Gasteiger partial charge in [0.05, 0.1) is 41.0 Å². The largest absolute Gasteiger partial charge is 0.361 e. The van der Waals surface area contributed by atoms with Crippen molar-refractivity contribution in [2.45, 2.75) is 69.5 Å². The van der Waals surface area contributed by atoms with Crippen LogP contribution in [0.2, 0.25) is 0 Å². The number of nitrogens with one attached hydrogen (secondary N) is 1. The highest BCUT2D eigenvalue weighted by Crippen LogP contribution is 2.44. The highest BCUT2D eigenvalue weighted by atomic mass is 32.2. The fourth-order valence-corrected chi connectivity index (χ4v) is 6.32. The lowest BCUT2D eigenvalue weighted by Gasteiger charge is -2.39. The summed E-state index contributed by atoms with van der Waals surface area (Å²) >= 11 is 0. The van der Waals surface area contributed by atoms with Gasteiger partial charge in [0, 0.05) is 11.1 Å². The maximum absolute atomic E-state index is 13.7. The van der Waals surface area contributed by atoms with E-state index in [2.05, 4.69) is 14.8 Å². The minimum atomic E-state index is -3.73. The van der Waals surface area contributed by atoms with Crippen molar-refractivity contribution >= 4 is 27.6 Å². The van der Waals surface area contributed by atoms with Gasteiger partial charge in [0.1, 0.15) is 5.76 Å². The summed E-state index contributed by atoms with van der Waals surface area (Å²) in [6.45, 7) is 6.48. The number of carbonyl (C=O) groups is 1. The van der Waals surface area contributed by atoms with Crippen molar-refractivity contribution in [3.8, 4) is 0 Å². The smallest absolute Gasteiger partial charge is 0.263 e. The number of anilines is 1. The first-order chi connectivity index (χ1) is 15.7. The van der Waals surface area contributed by atoms with E-state index in [1.54, 1.807) is 17.0 Å². The first-order valence-electron chi connectivity index (χ1n) is 11.4. The number of hydrogen-bond acceptors (Lipinski definition) is 7. The Morgan fingerprint density at radius 1 is 1.24 bits per heavy atom. The van der Waals surface area contributed by atoms with Gasteiger partial charge in [-0.2, -0.15) is 0 Å². The molecule has 4 aliphatic rings. The number of guanidine groups is 1. The SMILES string of the molecule is Cc1noc(C)c1CN1C(=O)c2cc(S(=O)(=O)NC3(C)CC3)ccc2N2C1=NC[C@@H]2C1CC1. The van der Waals surface area contributed by atoms with Gasteiger partial charge in [-0.3, -0.25) is 14.7 Å². The Hall–Kier alpha value is -2.72. The van der Waals surface area contributed by atoms with Crippen molar-refractivity contribution in [2.75, 3.05) is 11.4 Å². The van der Waals surface area contributed by atoms with Gasteiger partial charge in [-0.25, -0.2) is 13.1 Å². The molecule has 2 aliphatic heterocycles. The number of aliphatic imine (C=N–C) groups is 1. The van der Waals surface area contributed by atoms with Crippen molar-refractivity contribution < 1.29 is 17.7 Å². The lowest BCUT2D eigenvalue weighted by molar-refractivity contribution is 0.0832. The number of hydrogen-bond donors (Lipinski definition) is 1. The molecule has 0 radical (unpaired) electrons. The van der Waals surface area contributed by atoms with E-state index in [9.17, 15) is 13.2 Å². The lowest BCUT2D eigenvalue weighted by Crippen LogP contribution is -2.53. The topological polar surface area (TPSA) is 108 Å². The van der Waals surface area contributed by atoms with Crippen molar-refractivity contribution in [1.29, 1.82) is 0 Å². The third-order valence-corrected chi connectivity index (χ3v) is 8.90. The molecule has 2 fully saturated rings. The molecule has 10 heteroatoms. The Morgan fingerprint density at radius 3 is 2.64 bits per heavy atom. The van der Waals surface area contributed by atoms with Crippen LogP contribution >= 0.6 is 0 Å². The number of aromatic nitrogens is 1. The van der Waals surface area contributed by atoms with Crippen LogP contribution in [0.15, 0.2) is 32.6 Å². The van der Waals surface area contributed by atoms with Gasteiger partial charge in [-0.1, -0.05) is 5.16 Å². The van der Waals surface area contributed by atoms with Gasteiger partial charge in [0.2, 0.25) is 16.0 Å². The van der Waals surface area contributed by atoms with Crippen molar-refractivity contribution in [1.82, 2.24) is 14.8 Å². The predicted molar refractivity (Wildman–Crippen MR) is 122 cm³/mol. The quantitative estimate of drug-likeness (QED) is 0.697. The third-order valence-electron chi connectivity index (χ3n) is 7.27. The third kappa shape index (κ3) is 3.38. The summed E-state index contributed by atoms with van der Waals surface area (Å²) in [5.74, 6) is 1.57. The van der Waals surface area contributed by atoms with Crippen LogP contribution in [0.1, 0.15) is 60.0 Å². The standard InChI is InChI=1S/C23H27N5O4S/c1-13-18(14(2)32-25-13)12-27-21(29)17-10-16(33(30,31)26-23(3)8-9-23)6-7-19(17)28-20(15-4-5-15)11-24-22(27)28/h6-7,10,15,20,26H,4-5,8-9,11-12H2,1-3H3/t20-/m1/s1. The minimum absolute atomic E-state index is 0.113. The van der Waals surface area contributed by atoms with Gasteiger partial charge in [-0.15, -0.1) is 0 Å². The van der Waals surface area contributed by atoms with E-state index in [1.807, 2.05) is 20.8 Å². The Kier molecular flexibility index (Phi) is 4.36. The van der Waals surface area contributed by atoms with Gasteiger partial charge < -0.3 is 9.42 Å². The van der Waals surface area contributed by atoms with Crippen LogP contribution in [0.5, 0.6) is 0 Å². The van der Waals surface area contributed by atoms with Crippen molar-refractivity contribution in [3.05, 3.63) is 40.8 Å². The molecule has 3 heterocycles. The van der Waals surface area contributed by atoms with Crippen LogP contribution in [0, 0.1) is 19.8 Å². The molecule has 0 saturated heterocycles. The molecule has 174 valence electrons. The molecule has 6 rings (SSSR count). The summed E-state index contributed by atoms with van der Waals surface area (Å²) in [6.07, 6.45) is 3.92. The van der Waals surface area contributed by atoms with Crippen molar-refractivity contribution in [2.24, 2.45) is 10.9 Å². The Labute approximate surface area is 192 Å². The van der Waals surface area contributed by atoms with Crippen LogP contribution in [0.4, 0.5) is 5.69 Å². The number of sulfonamides is 1. The summed E-state index contributed by atoms with van der Waals surface area (Å²) < 4.78 is 34.1. The molecule has 0 unspecified atom stereocenters. The maximum atomic E-state index is 13.7. The maximum Gasteiger partial charge on any atom is 0.263 e. The fraction of sp³-hybridized carbons (Fsp3) is 0.522. The van der Waals surface area contributed by atoms with Crippen LogP contribution < -0.4 is 9.62 Å². The zero-order valence-corrected chi connectivity index (χ0v) is 19.8. The first-order valence-corrected chi connectivity index (χ1v) is 12.9. The van der Waals surface area contributed by atoms with Gasteiger partial charge in [0.15, 0.2) is 0 Å². The second-order valence-electron chi connectivity index (χ2n) is 9.95. The fourth-order valence-electron chi connectivity index (χ4n) is 4.83. The summed E-state index contributed by atoms with van der Waals surface area (Å²) in [5.41, 5.74) is 2.31. The summed E-state index contributed by atoms with van der Waals surface area (Å²) in [4.78, 5) is 22.4. The number of nitrogens with zero attached hydrogens (tertiary/aromatic N) is 4. The number of amides is 1. The summed E-state index contributed by atoms with van der Waals surface area (Å²) in [5, 5.41) is 4.02. The number of fused-ring (bicyclic) bond motifs is 3. The van der Waals surface area contributed by atoms with Gasteiger partial charge in [-0.05, 0) is 70.6 Å². The van der Waals surface area contributed by atoms with Crippen LogP contribution in [-0.4, -0.2) is 48.5 Å². The van der Waals surface area contributed by atoms with E-state index < -0.39 is 10.0 Å². The molecule has 2 aliphatic carbocycles. The zero-order valence-electron chi connectivity index (χ0n) is 19.0. The van der Waals surface area contributed by atoms with E-state index in [4.69, 9.17) is 9.52 Å². The second-order valence-corrected chi connectivity index (χ2v) is 11.6. The van der Waals surface area contributed by atoms with E-state index in [-0.39, 0.29) is 28.9 Å². The average Bonchev–Trinajstić information content (AvgIpc) is 3.68. The molecular formula is C23H27N5O4S. The molecule has 1 amide bonds. The molecule has 0 bridgehead atoms. The van der Waals surface area contributed by atoms with E-state index in [0.29, 0.717) is 29.7 Å². The highest BCUT2D eigenvalue weighted by molar-refractivity contribution is 7.89. The average molecular weight is 470 g/mol. The van der Waals surface area contributed by atoms with Crippen LogP contribution in [-0.2, 0) is 16.6 Å². The van der Waals surface area contributed by atoms with Crippen LogP contribution in [0.3, 0.4) is 0 Å².